The molecule has 0 radical (unpaired) electrons. The summed E-state index contributed by atoms with van der Waals surface area (Å²) in [6, 6.07) is 16.5. The van der Waals surface area contributed by atoms with Crippen LogP contribution in [0.2, 0.25) is 5.02 Å². The Bertz CT molecular complexity index is 553. The smallest absolute Gasteiger partial charge is 0.120 e. The molecule has 2 nitrogen and oxygen atoms in total. The molecule has 2 rings (SSSR count). The summed E-state index contributed by atoms with van der Waals surface area (Å²) in [5.41, 5.74) is 2.61. The van der Waals surface area contributed by atoms with Gasteiger partial charge in [-0.05, 0) is 43.7 Å². The third-order valence-electron chi connectivity index (χ3n) is 3.34. The average Bonchev–Trinajstić information content (AvgIpc) is 2.47. The van der Waals surface area contributed by atoms with Gasteiger partial charge in [-0.15, -0.1) is 0 Å². The molecule has 0 bridgehead atoms. The molecule has 0 heterocycles. The highest BCUT2D eigenvalue weighted by atomic mass is 35.5. The molecule has 2 aromatic carbocycles. The second kappa shape index (κ2) is 8.06. The number of hydrogen-bond donors (Lipinski definition) is 1. The topological polar surface area (TPSA) is 21.3 Å². The summed E-state index contributed by atoms with van der Waals surface area (Å²) >= 11 is 5.97. The van der Waals surface area contributed by atoms with Crippen molar-refractivity contribution in [1.29, 1.82) is 0 Å². The van der Waals surface area contributed by atoms with Crippen molar-refractivity contribution in [3.8, 4) is 5.75 Å². The van der Waals surface area contributed by atoms with E-state index in [4.69, 9.17) is 16.3 Å². The third kappa shape index (κ3) is 5.41. The lowest BCUT2D eigenvalue weighted by Crippen LogP contribution is -2.36. The number of halogens is 1. The molecule has 0 saturated carbocycles. The molecular weight excluding hydrogens is 282 g/mol. The second-order valence-electron chi connectivity index (χ2n) is 5.21. The fraction of sp³-hybridized carbons (Fsp3) is 0.333. The fourth-order valence-electron chi connectivity index (χ4n) is 2.24. The van der Waals surface area contributed by atoms with E-state index in [1.165, 1.54) is 11.1 Å². The number of ether oxygens (including phenoxy) is 1. The second-order valence-corrected chi connectivity index (χ2v) is 5.65. The van der Waals surface area contributed by atoms with Crippen LogP contribution in [-0.2, 0) is 6.42 Å². The van der Waals surface area contributed by atoms with Gasteiger partial charge in [0.05, 0.1) is 0 Å². The zero-order valence-corrected chi connectivity index (χ0v) is 13.4. The van der Waals surface area contributed by atoms with Gasteiger partial charge in [-0.2, -0.15) is 0 Å². The Morgan fingerprint density at radius 1 is 1.14 bits per heavy atom. The molecule has 2 aromatic rings. The summed E-state index contributed by atoms with van der Waals surface area (Å²) in [6.07, 6.45) is 0.953. The maximum atomic E-state index is 5.97. The Balaban J connectivity index is 1.93. The molecule has 0 aliphatic carbocycles. The maximum Gasteiger partial charge on any atom is 0.120 e. The van der Waals surface area contributed by atoms with Gasteiger partial charge in [0, 0.05) is 11.1 Å². The molecule has 1 atom stereocenters. The van der Waals surface area contributed by atoms with Crippen molar-refractivity contribution in [3.05, 3.63) is 64.7 Å². The minimum absolute atomic E-state index is 0.289. The van der Waals surface area contributed by atoms with Crippen LogP contribution in [0.4, 0.5) is 0 Å². The number of nitrogens with one attached hydrogen (secondary N) is 1. The number of rotatable bonds is 7. The van der Waals surface area contributed by atoms with Gasteiger partial charge in [-0.1, -0.05) is 54.4 Å². The van der Waals surface area contributed by atoms with E-state index in [0.29, 0.717) is 11.6 Å². The molecule has 0 amide bonds. The van der Waals surface area contributed by atoms with E-state index in [-0.39, 0.29) is 6.04 Å². The van der Waals surface area contributed by atoms with E-state index in [2.05, 4.69) is 43.4 Å². The minimum Gasteiger partial charge on any atom is -0.492 e. The standard InChI is InChI=1S/C18H22ClNO/c1-3-20-17(11-15-9-7-14(2)8-10-15)13-21-18-6-4-5-16(19)12-18/h4-10,12,17,20H,3,11,13H2,1-2H3. The Morgan fingerprint density at radius 3 is 2.57 bits per heavy atom. The molecule has 1 N–H and O–H groups in total. The SMILES string of the molecule is CCNC(COc1cccc(Cl)c1)Cc1ccc(C)cc1. The van der Waals surface area contributed by atoms with E-state index in [0.717, 1.165) is 18.7 Å². The summed E-state index contributed by atoms with van der Waals surface area (Å²) in [6.45, 7) is 5.77. The third-order valence-corrected chi connectivity index (χ3v) is 3.58. The van der Waals surface area contributed by atoms with Crippen LogP contribution < -0.4 is 10.1 Å². The van der Waals surface area contributed by atoms with Crippen molar-refractivity contribution in [2.75, 3.05) is 13.2 Å². The van der Waals surface area contributed by atoms with Crippen LogP contribution in [0.15, 0.2) is 48.5 Å². The predicted molar refractivity (Wildman–Crippen MR) is 89.3 cm³/mol. The first-order valence-corrected chi connectivity index (χ1v) is 7.72. The molecule has 0 aliphatic rings. The van der Waals surface area contributed by atoms with Crippen LogP contribution in [0.3, 0.4) is 0 Å². The van der Waals surface area contributed by atoms with Crippen molar-refractivity contribution in [2.24, 2.45) is 0 Å². The normalized spacial score (nSPS) is 12.1. The van der Waals surface area contributed by atoms with Crippen molar-refractivity contribution < 1.29 is 4.74 Å². The molecule has 112 valence electrons. The van der Waals surface area contributed by atoms with Gasteiger partial charge in [0.25, 0.3) is 0 Å². The molecule has 0 aliphatic heterocycles. The summed E-state index contributed by atoms with van der Waals surface area (Å²) in [7, 11) is 0. The van der Waals surface area contributed by atoms with Gasteiger partial charge in [0.1, 0.15) is 12.4 Å². The van der Waals surface area contributed by atoms with Gasteiger partial charge < -0.3 is 10.1 Å². The van der Waals surface area contributed by atoms with Gasteiger partial charge in [-0.3, -0.25) is 0 Å². The molecule has 0 spiro atoms. The van der Waals surface area contributed by atoms with Crippen LogP contribution in [0.25, 0.3) is 0 Å². The Hall–Kier alpha value is -1.51. The first kappa shape index (κ1) is 15.9. The fourth-order valence-corrected chi connectivity index (χ4v) is 2.42. The molecule has 0 aromatic heterocycles. The van der Waals surface area contributed by atoms with Gasteiger partial charge in [0.15, 0.2) is 0 Å². The largest absolute Gasteiger partial charge is 0.492 e. The Labute approximate surface area is 132 Å². The van der Waals surface area contributed by atoms with E-state index in [1.54, 1.807) is 0 Å². The van der Waals surface area contributed by atoms with Crippen LogP contribution in [0, 0.1) is 6.92 Å². The van der Waals surface area contributed by atoms with Crippen molar-refractivity contribution in [2.45, 2.75) is 26.3 Å². The maximum absolute atomic E-state index is 5.97. The molecular formula is C18H22ClNO. The summed E-state index contributed by atoms with van der Waals surface area (Å²) in [5.74, 6) is 0.814. The highest BCUT2D eigenvalue weighted by molar-refractivity contribution is 6.30. The molecule has 21 heavy (non-hydrogen) atoms. The first-order chi connectivity index (χ1) is 10.2. The summed E-state index contributed by atoms with van der Waals surface area (Å²) in [4.78, 5) is 0. The lowest BCUT2D eigenvalue weighted by Gasteiger charge is -2.19. The summed E-state index contributed by atoms with van der Waals surface area (Å²) in [5, 5.41) is 4.17. The zero-order valence-electron chi connectivity index (χ0n) is 12.6. The predicted octanol–water partition coefficient (Wildman–Crippen LogP) is 4.25. The van der Waals surface area contributed by atoms with E-state index in [9.17, 15) is 0 Å². The van der Waals surface area contributed by atoms with Crippen LogP contribution in [0.1, 0.15) is 18.1 Å². The van der Waals surface area contributed by atoms with Crippen molar-refractivity contribution in [1.82, 2.24) is 5.32 Å². The van der Waals surface area contributed by atoms with E-state index >= 15 is 0 Å². The number of aryl methyl sites for hydroxylation is 1. The van der Waals surface area contributed by atoms with Crippen molar-refractivity contribution >= 4 is 11.6 Å². The summed E-state index contributed by atoms with van der Waals surface area (Å²) < 4.78 is 5.85. The Morgan fingerprint density at radius 2 is 1.90 bits per heavy atom. The quantitative estimate of drug-likeness (QED) is 0.825. The molecule has 0 saturated heterocycles. The molecule has 3 heteroatoms. The van der Waals surface area contributed by atoms with Crippen LogP contribution in [-0.4, -0.2) is 19.2 Å². The van der Waals surface area contributed by atoms with Crippen LogP contribution in [0.5, 0.6) is 5.75 Å². The van der Waals surface area contributed by atoms with Crippen molar-refractivity contribution in [3.63, 3.8) is 0 Å². The Kier molecular flexibility index (Phi) is 6.09. The average molecular weight is 304 g/mol. The molecule has 1 unspecified atom stereocenters. The highest BCUT2D eigenvalue weighted by Crippen LogP contribution is 2.17. The van der Waals surface area contributed by atoms with E-state index < -0.39 is 0 Å². The van der Waals surface area contributed by atoms with E-state index in [1.807, 2.05) is 24.3 Å². The number of hydrogen-bond acceptors (Lipinski definition) is 2. The number of benzene rings is 2. The monoisotopic (exact) mass is 303 g/mol. The van der Waals surface area contributed by atoms with Crippen LogP contribution >= 0.6 is 11.6 Å². The lowest BCUT2D eigenvalue weighted by atomic mass is 10.0. The number of likely N-dealkylation sites (N-methyl/N-ethyl adjacent to an activating group) is 1. The lowest BCUT2D eigenvalue weighted by molar-refractivity contribution is 0.265. The van der Waals surface area contributed by atoms with Gasteiger partial charge in [-0.25, -0.2) is 0 Å². The van der Waals surface area contributed by atoms with Gasteiger partial charge in [0.2, 0.25) is 0 Å². The molecule has 0 fully saturated rings. The first-order valence-electron chi connectivity index (χ1n) is 7.34. The highest BCUT2D eigenvalue weighted by Gasteiger charge is 2.09. The minimum atomic E-state index is 0.289. The van der Waals surface area contributed by atoms with Gasteiger partial charge >= 0.3 is 0 Å². The zero-order chi connectivity index (χ0) is 15.1.